The Morgan fingerprint density at radius 2 is 1.06 bits per heavy atom. The van der Waals surface area contributed by atoms with Crippen LogP contribution in [0.3, 0.4) is 0 Å². The zero-order valence-corrected chi connectivity index (χ0v) is 21.4. The molecule has 0 fully saturated rings. The van der Waals surface area contributed by atoms with E-state index in [9.17, 15) is 9.59 Å². The van der Waals surface area contributed by atoms with Gasteiger partial charge in [-0.2, -0.15) is 0 Å². The maximum absolute atomic E-state index is 12.7. The number of thioether (sulfide) groups is 2. The van der Waals surface area contributed by atoms with Gasteiger partial charge in [0, 0.05) is 22.2 Å². The number of nitrogens with zero attached hydrogens (tertiary/aromatic N) is 2. The molecule has 5 rings (SSSR count). The normalized spacial score (nSPS) is 17.9. The summed E-state index contributed by atoms with van der Waals surface area (Å²) in [6.07, 6.45) is 18.5. The summed E-state index contributed by atoms with van der Waals surface area (Å²) < 4.78 is 0. The quantitative estimate of drug-likeness (QED) is 0.503. The van der Waals surface area contributed by atoms with E-state index < -0.39 is 0 Å². The molecule has 0 bridgehead atoms. The van der Waals surface area contributed by atoms with Gasteiger partial charge in [-0.1, -0.05) is 47.8 Å². The largest absolute Gasteiger partial charge is 0.288 e. The van der Waals surface area contributed by atoms with Crippen LogP contribution in [0, 0.1) is 0 Å². The van der Waals surface area contributed by atoms with Crippen LogP contribution in [-0.4, -0.2) is 9.97 Å². The Morgan fingerprint density at radius 3 is 1.44 bits per heavy atom. The summed E-state index contributed by atoms with van der Waals surface area (Å²) in [5, 5.41) is 0.416. The summed E-state index contributed by atoms with van der Waals surface area (Å²) in [5.41, 5.74) is 3.18. The van der Waals surface area contributed by atoms with Crippen molar-refractivity contribution < 1.29 is 0 Å². The maximum Gasteiger partial charge on any atom is 0.200 e. The minimum Gasteiger partial charge on any atom is -0.288 e. The number of pyridine rings is 2. The topological polar surface area (TPSA) is 59.9 Å². The first-order valence-corrected chi connectivity index (χ1v) is 13.0. The molecule has 2 aromatic heterocycles. The van der Waals surface area contributed by atoms with Crippen molar-refractivity contribution in [3.63, 3.8) is 0 Å². The zero-order valence-electron chi connectivity index (χ0n) is 19.8. The van der Waals surface area contributed by atoms with Gasteiger partial charge >= 0.3 is 0 Å². The van der Waals surface area contributed by atoms with Crippen LogP contribution in [0.2, 0.25) is 0 Å². The second-order valence-corrected chi connectivity index (χ2v) is 10.9. The van der Waals surface area contributed by atoms with Crippen molar-refractivity contribution in [2.75, 3.05) is 0 Å². The van der Waals surface area contributed by atoms with Gasteiger partial charge in [-0.15, -0.1) is 0 Å². The lowest BCUT2D eigenvalue weighted by Gasteiger charge is -2.13. The van der Waals surface area contributed by atoms with Crippen LogP contribution in [0.1, 0.15) is 25.2 Å². The van der Waals surface area contributed by atoms with E-state index in [2.05, 4.69) is 9.97 Å². The van der Waals surface area contributed by atoms with E-state index in [0.29, 0.717) is 0 Å². The zero-order chi connectivity index (χ0) is 25.1. The van der Waals surface area contributed by atoms with Gasteiger partial charge in [-0.25, -0.2) is 0 Å². The Hall–Kier alpha value is -3.74. The minimum atomic E-state index is -0.228. The fourth-order valence-corrected chi connectivity index (χ4v) is 5.80. The smallest absolute Gasteiger partial charge is 0.200 e. The monoisotopic (exact) mass is 506 g/mol. The van der Waals surface area contributed by atoms with E-state index >= 15 is 0 Å². The van der Waals surface area contributed by atoms with Crippen LogP contribution in [0.5, 0.6) is 0 Å². The van der Waals surface area contributed by atoms with Crippen LogP contribution < -0.4 is 21.3 Å². The molecule has 176 valence electrons. The summed E-state index contributed by atoms with van der Waals surface area (Å²) >= 11 is 3.30. The Morgan fingerprint density at radius 1 is 0.611 bits per heavy atom. The van der Waals surface area contributed by atoms with Gasteiger partial charge in [0.15, 0.2) is 0 Å². The summed E-state index contributed by atoms with van der Waals surface area (Å²) in [6.45, 7) is 4.06. The van der Waals surface area contributed by atoms with Gasteiger partial charge in [-0.05, 0) is 95.5 Å². The second kappa shape index (κ2) is 10.5. The fourth-order valence-electron chi connectivity index (χ4n) is 3.88. The summed E-state index contributed by atoms with van der Waals surface area (Å²) in [7, 11) is 0. The van der Waals surface area contributed by atoms with E-state index in [1.54, 1.807) is 48.1 Å². The van der Waals surface area contributed by atoms with Crippen molar-refractivity contribution in [3.8, 4) is 0 Å². The first-order valence-electron chi connectivity index (χ1n) is 11.4. The molecule has 0 spiro atoms. The van der Waals surface area contributed by atoms with Crippen molar-refractivity contribution >= 4 is 45.5 Å². The molecule has 3 aromatic rings. The van der Waals surface area contributed by atoms with E-state index in [1.165, 1.54) is 0 Å². The van der Waals surface area contributed by atoms with Crippen LogP contribution >= 0.6 is 23.5 Å². The Bertz CT molecular complexity index is 1560. The van der Waals surface area contributed by atoms with Crippen LogP contribution in [0.25, 0.3) is 22.0 Å². The number of rotatable bonds is 4. The lowest BCUT2D eigenvalue weighted by atomic mass is 10.1. The molecule has 0 unspecified atom stereocenters. The Balaban J connectivity index is 1.44. The van der Waals surface area contributed by atoms with Crippen molar-refractivity contribution in [2.45, 2.75) is 13.8 Å². The molecule has 4 heterocycles. The number of allylic oxidation sites excluding steroid dienone is 10. The number of hydrogen-bond acceptors (Lipinski definition) is 6. The molecule has 0 atom stereocenters. The highest BCUT2D eigenvalue weighted by atomic mass is 32.2. The van der Waals surface area contributed by atoms with Crippen LogP contribution in [0.15, 0.2) is 116 Å². The first-order chi connectivity index (χ1) is 17.5. The third-order valence-electron chi connectivity index (χ3n) is 5.58. The van der Waals surface area contributed by atoms with Gasteiger partial charge < -0.3 is 0 Å². The fraction of sp³-hybridized carbons (Fsp3) is 0.0667. The molecule has 6 heteroatoms. The Kier molecular flexibility index (Phi) is 6.98. The number of aromatic nitrogens is 2. The highest BCUT2D eigenvalue weighted by molar-refractivity contribution is 8.12. The molecule has 0 radical (unpaired) electrons. The molecule has 1 aromatic carbocycles. The molecule has 2 aliphatic heterocycles. The van der Waals surface area contributed by atoms with Crippen molar-refractivity contribution in [2.24, 2.45) is 0 Å². The maximum atomic E-state index is 12.7. The highest BCUT2D eigenvalue weighted by Gasteiger charge is 2.12. The summed E-state index contributed by atoms with van der Waals surface area (Å²) in [6, 6.07) is 11.6. The first kappa shape index (κ1) is 24.0. The van der Waals surface area contributed by atoms with Gasteiger partial charge in [0.2, 0.25) is 10.9 Å². The van der Waals surface area contributed by atoms with Gasteiger partial charge in [-0.3, -0.25) is 19.6 Å². The van der Waals surface area contributed by atoms with Gasteiger partial charge in [0.25, 0.3) is 0 Å². The van der Waals surface area contributed by atoms with Gasteiger partial charge in [0.1, 0.15) is 0 Å². The second-order valence-electron chi connectivity index (χ2n) is 8.31. The molecular formula is C30H22N2O2S2. The van der Waals surface area contributed by atoms with E-state index in [4.69, 9.17) is 0 Å². The highest BCUT2D eigenvalue weighted by Crippen LogP contribution is 2.38. The molecular weight excluding hydrogens is 484 g/mol. The van der Waals surface area contributed by atoms with Crippen LogP contribution in [0.4, 0.5) is 0 Å². The molecule has 0 saturated heterocycles. The predicted octanol–water partition coefficient (Wildman–Crippen LogP) is 4.87. The average molecular weight is 507 g/mol. The standard InChI is InChI=1S/C30H22N2O2S2/c1-19-15-21(17-27(35-19)25-7-3-5-13-31-25)9-11-23-29(33)24(30(23)34)12-10-22-16-20(2)36-28(18-22)26-8-4-6-14-32-26/h3-18H,1-2H3. The number of hydrogen-bond donors (Lipinski definition) is 0. The van der Waals surface area contributed by atoms with Crippen LogP contribution in [-0.2, 0) is 0 Å². The Labute approximate surface area is 217 Å². The predicted molar refractivity (Wildman–Crippen MR) is 153 cm³/mol. The lowest BCUT2D eigenvalue weighted by molar-refractivity contribution is 1.27. The van der Waals surface area contributed by atoms with E-state index in [-0.39, 0.29) is 21.3 Å². The summed E-state index contributed by atoms with van der Waals surface area (Å²) in [5.74, 6) is 0. The molecule has 0 amide bonds. The average Bonchev–Trinajstić information content (AvgIpc) is 2.89. The summed E-state index contributed by atoms with van der Waals surface area (Å²) in [4.78, 5) is 38.6. The molecule has 2 aliphatic rings. The molecule has 0 N–H and O–H groups in total. The van der Waals surface area contributed by atoms with Crippen molar-refractivity contribution in [1.29, 1.82) is 0 Å². The molecule has 0 saturated carbocycles. The van der Waals surface area contributed by atoms with E-state index in [0.717, 1.165) is 42.2 Å². The lowest BCUT2D eigenvalue weighted by Crippen LogP contribution is -2.64. The minimum absolute atomic E-state index is 0.208. The molecule has 36 heavy (non-hydrogen) atoms. The van der Waals surface area contributed by atoms with Crippen molar-refractivity contribution in [3.05, 3.63) is 148 Å². The SMILES string of the molecule is CC1=CC(=CC=c2c(=O)c(=CC=C3C=C(C)SC(c4ccccn4)=C3)c2=O)C=C(c2ccccn2)S1. The molecule has 0 aliphatic carbocycles. The van der Waals surface area contributed by atoms with Gasteiger partial charge in [0.05, 0.1) is 21.8 Å². The molecule has 4 nitrogen and oxygen atoms in total. The van der Waals surface area contributed by atoms with E-state index in [1.807, 2.05) is 86.7 Å². The third-order valence-corrected chi connectivity index (χ3v) is 7.55. The van der Waals surface area contributed by atoms with Crippen molar-refractivity contribution in [1.82, 2.24) is 9.97 Å². The third kappa shape index (κ3) is 5.25.